The SMILES string of the molecule is CC1CC=CC2=C1C1CC3N=COC3=CC1N(c1cc(-c3ccccc3)cc(-c3ccccc3)c1)c1ccccc12. The molecule has 2 aliphatic heterocycles. The molecule has 0 bridgehead atoms. The molecule has 8 rings (SSSR count). The molecule has 4 aromatic rings. The van der Waals surface area contributed by atoms with Crippen LogP contribution in [-0.4, -0.2) is 18.5 Å². The standard InChI is InChI=1S/C38H32N2O/c1-25-11-10-17-32-31-16-8-9-18-35(31)40(36-23-37-34(39-24-41-37)22-33(36)38(25)32)30-20-28(26-12-4-2-5-13-26)19-29(21-30)27-14-6-3-7-15-27/h2-10,12-21,23-25,33-34,36H,11,22H2,1H3. The Morgan fingerprint density at radius 3 is 2.20 bits per heavy atom. The van der Waals surface area contributed by atoms with Crippen LogP contribution in [0.25, 0.3) is 27.8 Å². The number of hydrogen-bond donors (Lipinski definition) is 0. The van der Waals surface area contributed by atoms with E-state index in [0.717, 1.165) is 18.6 Å². The predicted molar refractivity (Wildman–Crippen MR) is 169 cm³/mol. The molecular formula is C38H32N2O. The minimum absolute atomic E-state index is 0.0988. The number of rotatable bonds is 3. The summed E-state index contributed by atoms with van der Waals surface area (Å²) >= 11 is 0. The summed E-state index contributed by atoms with van der Waals surface area (Å²) < 4.78 is 5.98. The van der Waals surface area contributed by atoms with Gasteiger partial charge in [0.05, 0.1) is 6.04 Å². The van der Waals surface area contributed by atoms with Crippen LogP contribution in [0.4, 0.5) is 11.4 Å². The van der Waals surface area contributed by atoms with Crippen LogP contribution >= 0.6 is 0 Å². The number of aliphatic imine (C=N–C) groups is 1. The van der Waals surface area contributed by atoms with Gasteiger partial charge in [0.15, 0.2) is 6.40 Å². The van der Waals surface area contributed by atoms with Crippen molar-refractivity contribution in [1.82, 2.24) is 0 Å². The van der Waals surface area contributed by atoms with Crippen molar-refractivity contribution >= 4 is 23.3 Å². The van der Waals surface area contributed by atoms with Gasteiger partial charge in [-0.2, -0.15) is 0 Å². The molecular weight excluding hydrogens is 500 g/mol. The van der Waals surface area contributed by atoms with Crippen LogP contribution in [0.2, 0.25) is 0 Å². The minimum Gasteiger partial charge on any atom is -0.448 e. The lowest BCUT2D eigenvalue weighted by molar-refractivity contribution is 0.345. The van der Waals surface area contributed by atoms with E-state index in [-0.39, 0.29) is 12.1 Å². The second kappa shape index (κ2) is 9.78. The first-order valence-electron chi connectivity index (χ1n) is 14.7. The predicted octanol–water partition coefficient (Wildman–Crippen LogP) is 9.22. The van der Waals surface area contributed by atoms with E-state index < -0.39 is 0 Å². The average molecular weight is 533 g/mol. The summed E-state index contributed by atoms with van der Waals surface area (Å²) in [5.41, 5.74) is 11.6. The lowest BCUT2D eigenvalue weighted by atomic mass is 9.72. The van der Waals surface area contributed by atoms with Crippen molar-refractivity contribution in [3.8, 4) is 22.3 Å². The van der Waals surface area contributed by atoms with E-state index >= 15 is 0 Å². The fourth-order valence-electron chi connectivity index (χ4n) is 7.29. The smallest absolute Gasteiger partial charge is 0.176 e. The first kappa shape index (κ1) is 24.2. The maximum Gasteiger partial charge on any atom is 0.176 e. The third kappa shape index (κ3) is 4.07. The summed E-state index contributed by atoms with van der Waals surface area (Å²) in [7, 11) is 0. The molecule has 0 saturated heterocycles. The molecule has 0 radical (unpaired) electrons. The zero-order valence-electron chi connectivity index (χ0n) is 23.2. The van der Waals surface area contributed by atoms with Gasteiger partial charge in [-0.05, 0) is 76.9 Å². The number of benzene rings is 4. The number of allylic oxidation sites excluding steroid dienone is 3. The minimum atomic E-state index is 0.0988. The Labute approximate surface area is 241 Å². The van der Waals surface area contributed by atoms with Gasteiger partial charge in [0.1, 0.15) is 11.8 Å². The number of fused-ring (bicyclic) bond motifs is 5. The second-order valence-corrected chi connectivity index (χ2v) is 11.6. The molecule has 200 valence electrons. The number of anilines is 2. The Balaban J connectivity index is 1.40. The summed E-state index contributed by atoms with van der Waals surface area (Å²) in [6.07, 6.45) is 10.8. The number of nitrogens with zero attached hydrogens (tertiary/aromatic N) is 2. The number of ether oxygens (including phenoxy) is 1. The highest BCUT2D eigenvalue weighted by Crippen LogP contribution is 2.52. The molecule has 41 heavy (non-hydrogen) atoms. The lowest BCUT2D eigenvalue weighted by Crippen LogP contribution is -2.42. The van der Waals surface area contributed by atoms with Crippen LogP contribution in [0.15, 0.2) is 138 Å². The maximum absolute atomic E-state index is 5.98. The van der Waals surface area contributed by atoms with Gasteiger partial charge < -0.3 is 9.64 Å². The Hall–Kier alpha value is -4.63. The van der Waals surface area contributed by atoms with Crippen molar-refractivity contribution in [3.63, 3.8) is 0 Å². The fraction of sp³-hybridized carbons (Fsp3) is 0.184. The molecule has 4 aliphatic rings. The molecule has 0 saturated carbocycles. The monoisotopic (exact) mass is 532 g/mol. The Bertz CT molecular complexity index is 1690. The summed E-state index contributed by atoms with van der Waals surface area (Å²) in [4.78, 5) is 7.31. The Morgan fingerprint density at radius 2 is 1.46 bits per heavy atom. The van der Waals surface area contributed by atoms with Gasteiger partial charge in [-0.3, -0.25) is 0 Å². The van der Waals surface area contributed by atoms with Crippen molar-refractivity contribution in [1.29, 1.82) is 0 Å². The van der Waals surface area contributed by atoms with Crippen molar-refractivity contribution in [2.45, 2.75) is 31.8 Å². The van der Waals surface area contributed by atoms with E-state index in [9.17, 15) is 0 Å². The molecule has 0 fully saturated rings. The topological polar surface area (TPSA) is 24.8 Å². The Kier molecular flexibility index (Phi) is 5.77. The molecule has 0 N–H and O–H groups in total. The van der Waals surface area contributed by atoms with Crippen molar-refractivity contribution in [2.75, 3.05) is 4.90 Å². The van der Waals surface area contributed by atoms with Crippen LogP contribution in [0.3, 0.4) is 0 Å². The molecule has 3 nitrogen and oxygen atoms in total. The van der Waals surface area contributed by atoms with Gasteiger partial charge in [-0.25, -0.2) is 4.99 Å². The van der Waals surface area contributed by atoms with E-state index in [1.807, 2.05) is 0 Å². The van der Waals surface area contributed by atoms with Crippen LogP contribution in [0.1, 0.15) is 25.3 Å². The molecule has 3 heteroatoms. The summed E-state index contributed by atoms with van der Waals surface area (Å²) in [6, 6.07) is 37.7. The van der Waals surface area contributed by atoms with Gasteiger partial charge in [0.25, 0.3) is 0 Å². The summed E-state index contributed by atoms with van der Waals surface area (Å²) in [6.45, 7) is 2.39. The van der Waals surface area contributed by atoms with Crippen LogP contribution in [0, 0.1) is 11.8 Å². The summed E-state index contributed by atoms with van der Waals surface area (Å²) in [5, 5.41) is 0. The molecule has 4 atom stereocenters. The van der Waals surface area contributed by atoms with Crippen molar-refractivity contribution in [2.24, 2.45) is 16.8 Å². The second-order valence-electron chi connectivity index (χ2n) is 11.6. The van der Waals surface area contributed by atoms with E-state index in [1.54, 1.807) is 12.0 Å². The van der Waals surface area contributed by atoms with Gasteiger partial charge in [0.2, 0.25) is 0 Å². The lowest BCUT2D eigenvalue weighted by Gasteiger charge is -2.41. The molecule has 0 aromatic heterocycles. The van der Waals surface area contributed by atoms with E-state index in [1.165, 1.54) is 44.8 Å². The highest BCUT2D eigenvalue weighted by atomic mass is 16.5. The van der Waals surface area contributed by atoms with Gasteiger partial charge in [-0.1, -0.05) is 104 Å². The van der Waals surface area contributed by atoms with Crippen LogP contribution in [-0.2, 0) is 4.74 Å². The van der Waals surface area contributed by atoms with Gasteiger partial charge in [0, 0.05) is 22.9 Å². The van der Waals surface area contributed by atoms with Crippen LogP contribution < -0.4 is 4.90 Å². The Morgan fingerprint density at radius 1 is 0.780 bits per heavy atom. The normalized spacial score (nSPS) is 24.0. The van der Waals surface area contributed by atoms with E-state index in [2.05, 4.69) is 133 Å². The first-order chi connectivity index (χ1) is 20.2. The third-order valence-electron chi connectivity index (χ3n) is 9.16. The summed E-state index contributed by atoms with van der Waals surface area (Å²) in [5.74, 6) is 1.79. The molecule has 0 spiro atoms. The van der Waals surface area contributed by atoms with Gasteiger partial charge >= 0.3 is 0 Å². The first-order valence-corrected chi connectivity index (χ1v) is 14.7. The highest BCUT2D eigenvalue weighted by Gasteiger charge is 2.44. The number of para-hydroxylation sites is 1. The molecule has 4 aromatic carbocycles. The molecule has 0 amide bonds. The fourth-order valence-corrected chi connectivity index (χ4v) is 7.29. The average Bonchev–Trinajstić information content (AvgIpc) is 3.45. The van der Waals surface area contributed by atoms with Gasteiger partial charge in [-0.15, -0.1) is 0 Å². The largest absolute Gasteiger partial charge is 0.448 e. The molecule has 2 heterocycles. The van der Waals surface area contributed by atoms with Crippen molar-refractivity contribution in [3.05, 3.63) is 138 Å². The zero-order valence-corrected chi connectivity index (χ0v) is 23.2. The number of hydrogen-bond acceptors (Lipinski definition) is 3. The quantitative estimate of drug-likeness (QED) is 0.263. The highest BCUT2D eigenvalue weighted by molar-refractivity contribution is 5.91. The maximum atomic E-state index is 5.98. The molecule has 4 unspecified atom stereocenters. The third-order valence-corrected chi connectivity index (χ3v) is 9.16. The van der Waals surface area contributed by atoms with Crippen LogP contribution in [0.5, 0.6) is 0 Å². The van der Waals surface area contributed by atoms with E-state index in [0.29, 0.717) is 11.8 Å². The zero-order chi connectivity index (χ0) is 27.3. The molecule has 2 aliphatic carbocycles. The van der Waals surface area contributed by atoms with E-state index in [4.69, 9.17) is 9.73 Å². The van der Waals surface area contributed by atoms with Crippen molar-refractivity contribution < 1.29 is 4.74 Å².